The van der Waals surface area contributed by atoms with Gasteiger partial charge in [-0.15, -0.1) is 0 Å². The molecule has 36 heavy (non-hydrogen) atoms. The number of aryl methyl sites for hydroxylation is 1. The Labute approximate surface area is 207 Å². The van der Waals surface area contributed by atoms with Gasteiger partial charge < -0.3 is 16.0 Å². The molecule has 9 heteroatoms. The Morgan fingerprint density at radius 2 is 2.00 bits per heavy atom. The van der Waals surface area contributed by atoms with Crippen molar-refractivity contribution in [2.45, 2.75) is 25.4 Å². The summed E-state index contributed by atoms with van der Waals surface area (Å²) in [6, 6.07) is 12.7. The lowest BCUT2D eigenvalue weighted by molar-refractivity contribution is 0.0966. The predicted octanol–water partition coefficient (Wildman–Crippen LogP) is 3.48. The third-order valence-corrected chi connectivity index (χ3v) is 7.18. The van der Waals surface area contributed by atoms with Crippen LogP contribution in [0.1, 0.15) is 34.3 Å². The zero-order valence-corrected chi connectivity index (χ0v) is 19.8. The fourth-order valence-electron chi connectivity index (χ4n) is 5.26. The van der Waals surface area contributed by atoms with E-state index in [9.17, 15) is 10.1 Å². The van der Waals surface area contributed by atoms with Crippen LogP contribution < -0.4 is 16.0 Å². The first-order valence-corrected chi connectivity index (χ1v) is 11.9. The molecule has 0 radical (unpaired) electrons. The first-order valence-electron chi connectivity index (χ1n) is 11.9. The van der Waals surface area contributed by atoms with Crippen molar-refractivity contribution in [3.05, 3.63) is 65.1 Å². The first kappa shape index (κ1) is 22.2. The zero-order valence-electron chi connectivity index (χ0n) is 19.8. The van der Waals surface area contributed by atoms with Crippen molar-refractivity contribution in [3.63, 3.8) is 0 Å². The van der Waals surface area contributed by atoms with Crippen LogP contribution in [0.2, 0.25) is 0 Å². The number of halogens is 1. The monoisotopic (exact) mass is 481 g/mol. The molecular weight excluding hydrogens is 457 g/mol. The van der Waals surface area contributed by atoms with Crippen LogP contribution in [-0.4, -0.2) is 39.8 Å². The van der Waals surface area contributed by atoms with Crippen LogP contribution in [0.4, 0.5) is 10.2 Å². The number of fused-ring (bicyclic) bond motifs is 2. The molecule has 0 saturated carbocycles. The third kappa shape index (κ3) is 3.41. The van der Waals surface area contributed by atoms with Gasteiger partial charge in [0.25, 0.3) is 5.91 Å². The molecule has 0 spiro atoms. The van der Waals surface area contributed by atoms with Crippen molar-refractivity contribution in [1.82, 2.24) is 20.1 Å². The van der Waals surface area contributed by atoms with Crippen LogP contribution in [0.25, 0.3) is 33.3 Å². The summed E-state index contributed by atoms with van der Waals surface area (Å²) in [5, 5.41) is 17.7. The molecule has 3 N–H and O–H groups in total. The minimum absolute atomic E-state index is 0.0526. The number of hydrogen-bond donors (Lipinski definition) is 2. The molecule has 2 aromatic heterocycles. The molecule has 0 unspecified atom stereocenters. The number of piperidine rings is 1. The molecule has 6 rings (SSSR count). The second-order valence-corrected chi connectivity index (χ2v) is 9.34. The van der Waals surface area contributed by atoms with Gasteiger partial charge in [-0.2, -0.15) is 10.4 Å². The van der Waals surface area contributed by atoms with Crippen molar-refractivity contribution < 1.29 is 9.18 Å². The Balaban J connectivity index is 1.66. The second-order valence-electron chi connectivity index (χ2n) is 9.34. The van der Waals surface area contributed by atoms with Crippen LogP contribution in [0.15, 0.2) is 42.6 Å². The smallest absolute Gasteiger partial charge is 0.255 e. The van der Waals surface area contributed by atoms with Gasteiger partial charge in [-0.3, -0.25) is 9.48 Å². The maximum Gasteiger partial charge on any atom is 0.255 e. The maximum atomic E-state index is 15.6. The summed E-state index contributed by atoms with van der Waals surface area (Å²) in [6.45, 7) is 1.63. The predicted molar refractivity (Wildman–Crippen MR) is 135 cm³/mol. The van der Waals surface area contributed by atoms with Gasteiger partial charge in [-0.25, -0.2) is 9.37 Å². The highest BCUT2D eigenvalue weighted by Gasteiger charge is 2.34. The van der Waals surface area contributed by atoms with Gasteiger partial charge in [0, 0.05) is 49.2 Å². The van der Waals surface area contributed by atoms with Crippen LogP contribution in [-0.2, 0) is 13.6 Å². The van der Waals surface area contributed by atoms with Gasteiger partial charge in [0.15, 0.2) is 0 Å². The van der Waals surface area contributed by atoms with Crippen molar-refractivity contribution in [2.75, 3.05) is 18.0 Å². The number of nitrogens with one attached hydrogen (secondary N) is 1. The van der Waals surface area contributed by atoms with Crippen LogP contribution in [0.3, 0.4) is 0 Å². The summed E-state index contributed by atoms with van der Waals surface area (Å²) in [4.78, 5) is 20.1. The summed E-state index contributed by atoms with van der Waals surface area (Å²) >= 11 is 0. The van der Waals surface area contributed by atoms with E-state index < -0.39 is 5.82 Å². The molecule has 2 aliphatic rings. The minimum atomic E-state index is -0.625. The normalized spacial score (nSPS) is 15.7. The average molecular weight is 482 g/mol. The number of rotatable bonds is 3. The second kappa shape index (κ2) is 8.43. The number of nitriles is 1. The number of hydrogen-bond acceptors (Lipinski definition) is 6. The number of nitrogens with zero attached hydrogens (tertiary/aromatic N) is 5. The molecule has 4 heterocycles. The van der Waals surface area contributed by atoms with Gasteiger partial charge in [0.1, 0.15) is 17.7 Å². The first-order chi connectivity index (χ1) is 17.5. The number of aromatic nitrogens is 3. The molecule has 0 aliphatic carbocycles. The molecule has 1 fully saturated rings. The van der Waals surface area contributed by atoms with Crippen molar-refractivity contribution in [3.8, 4) is 28.5 Å². The van der Waals surface area contributed by atoms with Crippen molar-refractivity contribution >= 4 is 22.6 Å². The number of amides is 1. The zero-order chi connectivity index (χ0) is 25.0. The summed E-state index contributed by atoms with van der Waals surface area (Å²) in [5.74, 6) is -0.279. The summed E-state index contributed by atoms with van der Waals surface area (Å²) in [6.07, 6.45) is 3.34. The molecule has 4 aromatic rings. The van der Waals surface area contributed by atoms with E-state index >= 15 is 4.39 Å². The fourth-order valence-corrected chi connectivity index (χ4v) is 5.26. The molecule has 180 valence electrons. The summed E-state index contributed by atoms with van der Waals surface area (Å²) in [5.41, 5.74) is 10.4. The highest BCUT2D eigenvalue weighted by Crippen LogP contribution is 2.43. The molecule has 2 aromatic carbocycles. The lowest BCUT2D eigenvalue weighted by atomic mass is 9.91. The Bertz CT molecular complexity index is 1580. The van der Waals surface area contributed by atoms with E-state index in [4.69, 9.17) is 10.7 Å². The largest absolute Gasteiger partial charge is 0.356 e. The lowest BCUT2D eigenvalue weighted by Crippen LogP contribution is -2.40. The van der Waals surface area contributed by atoms with E-state index in [1.165, 1.54) is 6.07 Å². The van der Waals surface area contributed by atoms with E-state index in [-0.39, 0.29) is 23.1 Å². The number of nitrogens with two attached hydrogens (primary N) is 1. The molecule has 1 amide bonds. The summed E-state index contributed by atoms with van der Waals surface area (Å²) in [7, 11) is 1.87. The standard InChI is InChI=1S/C27H24FN7O/c1-34-21-6-5-15(11-17(21)13-32-34)22-20-14-31-27(36)23(20)26(35-9-7-18(30)8-10-35)33-25(22)19-4-2-3-16(12-29)24(19)28/h2-6,11,13,18H,7-10,14,30H2,1H3,(H,31,36). The highest BCUT2D eigenvalue weighted by molar-refractivity contribution is 6.07. The highest BCUT2D eigenvalue weighted by atomic mass is 19.1. The van der Waals surface area contributed by atoms with E-state index in [0.717, 1.165) is 34.9 Å². The van der Waals surface area contributed by atoms with E-state index in [1.54, 1.807) is 23.0 Å². The van der Waals surface area contributed by atoms with E-state index in [0.29, 0.717) is 42.3 Å². The molecule has 2 aliphatic heterocycles. The number of carbonyl (C=O) groups is 1. The molecule has 8 nitrogen and oxygen atoms in total. The van der Waals surface area contributed by atoms with Crippen LogP contribution in [0, 0.1) is 17.1 Å². The Morgan fingerprint density at radius 3 is 2.78 bits per heavy atom. The number of carbonyl (C=O) groups excluding carboxylic acids is 1. The molecule has 0 bridgehead atoms. The maximum absolute atomic E-state index is 15.6. The molecule has 1 saturated heterocycles. The van der Waals surface area contributed by atoms with Gasteiger partial charge in [-0.05, 0) is 48.2 Å². The Hall–Kier alpha value is -4.29. The fraction of sp³-hybridized carbons (Fsp3) is 0.259. The lowest BCUT2D eigenvalue weighted by Gasteiger charge is -2.33. The minimum Gasteiger partial charge on any atom is -0.356 e. The van der Waals surface area contributed by atoms with Crippen molar-refractivity contribution in [1.29, 1.82) is 5.26 Å². The van der Waals surface area contributed by atoms with Gasteiger partial charge in [0.05, 0.1) is 28.5 Å². The topological polar surface area (TPSA) is 113 Å². The number of anilines is 1. The summed E-state index contributed by atoms with van der Waals surface area (Å²) < 4.78 is 17.4. The average Bonchev–Trinajstić information content (AvgIpc) is 3.46. The number of benzene rings is 2. The van der Waals surface area contributed by atoms with Gasteiger partial charge >= 0.3 is 0 Å². The third-order valence-electron chi connectivity index (χ3n) is 7.18. The Morgan fingerprint density at radius 1 is 1.19 bits per heavy atom. The van der Waals surface area contributed by atoms with Crippen LogP contribution >= 0.6 is 0 Å². The van der Waals surface area contributed by atoms with Crippen molar-refractivity contribution in [2.24, 2.45) is 12.8 Å². The Kier molecular flexibility index (Phi) is 5.20. The molecular formula is C27H24FN7O. The van der Waals surface area contributed by atoms with E-state index in [1.807, 2.05) is 31.3 Å². The molecule has 0 atom stereocenters. The number of pyridine rings is 1. The van der Waals surface area contributed by atoms with E-state index in [2.05, 4.69) is 15.3 Å². The van der Waals surface area contributed by atoms with Crippen LogP contribution in [0.5, 0.6) is 0 Å². The quantitative estimate of drug-likeness (QED) is 0.463. The van der Waals surface area contributed by atoms with Gasteiger partial charge in [0.2, 0.25) is 0 Å². The SMILES string of the molecule is Cn1ncc2cc(-c3c(-c4cccc(C#N)c4F)nc(N4CCC(N)CC4)c4c3CNC4=O)ccc21. The van der Waals surface area contributed by atoms with Gasteiger partial charge in [-0.1, -0.05) is 12.1 Å².